The number of likely N-dealkylation sites (N-methyl/N-ethyl adjacent to an activating group) is 1. The SMILES string of the molecule is CCNC(CCCOC)Cc1nn(CC)c2ccccc12. The van der Waals surface area contributed by atoms with E-state index in [2.05, 4.69) is 48.1 Å². The van der Waals surface area contributed by atoms with Crippen molar-refractivity contribution in [2.24, 2.45) is 0 Å². The van der Waals surface area contributed by atoms with Crippen LogP contribution in [-0.4, -0.2) is 36.1 Å². The van der Waals surface area contributed by atoms with Crippen molar-refractivity contribution in [1.82, 2.24) is 15.1 Å². The molecule has 0 saturated carbocycles. The Kier molecular flexibility index (Phi) is 6.21. The molecule has 1 atom stereocenters. The van der Waals surface area contributed by atoms with Gasteiger partial charge in [-0.2, -0.15) is 5.10 Å². The van der Waals surface area contributed by atoms with Gasteiger partial charge >= 0.3 is 0 Å². The number of aryl methyl sites for hydroxylation is 1. The van der Waals surface area contributed by atoms with Crippen molar-refractivity contribution in [3.63, 3.8) is 0 Å². The quantitative estimate of drug-likeness (QED) is 0.721. The lowest BCUT2D eigenvalue weighted by atomic mass is 10.0. The molecule has 0 bridgehead atoms. The number of benzene rings is 1. The maximum atomic E-state index is 5.16. The van der Waals surface area contributed by atoms with Crippen LogP contribution in [0.3, 0.4) is 0 Å². The number of nitrogens with one attached hydrogen (secondary N) is 1. The number of hydrogen-bond donors (Lipinski definition) is 1. The van der Waals surface area contributed by atoms with Gasteiger partial charge in [0.05, 0.1) is 11.2 Å². The molecule has 0 aliphatic heterocycles. The number of rotatable bonds is 9. The number of fused-ring (bicyclic) bond motifs is 1. The molecule has 1 heterocycles. The van der Waals surface area contributed by atoms with E-state index in [0.717, 1.165) is 39.0 Å². The largest absolute Gasteiger partial charge is 0.385 e. The molecule has 2 rings (SSSR count). The highest BCUT2D eigenvalue weighted by Crippen LogP contribution is 2.20. The fourth-order valence-corrected chi connectivity index (χ4v) is 2.86. The molecular weight excluding hydrogens is 262 g/mol. The van der Waals surface area contributed by atoms with E-state index in [1.807, 2.05) is 0 Å². The van der Waals surface area contributed by atoms with Crippen LogP contribution in [0.2, 0.25) is 0 Å². The molecule has 4 heteroatoms. The third-order valence-electron chi connectivity index (χ3n) is 3.87. The number of ether oxygens (including phenoxy) is 1. The van der Waals surface area contributed by atoms with Crippen LogP contribution in [-0.2, 0) is 17.7 Å². The average molecular weight is 289 g/mol. The summed E-state index contributed by atoms with van der Waals surface area (Å²) in [6.07, 6.45) is 3.18. The van der Waals surface area contributed by atoms with Gasteiger partial charge in [-0.25, -0.2) is 0 Å². The van der Waals surface area contributed by atoms with Gasteiger partial charge < -0.3 is 10.1 Å². The Morgan fingerprint density at radius 2 is 2.10 bits per heavy atom. The van der Waals surface area contributed by atoms with Crippen LogP contribution in [0.5, 0.6) is 0 Å². The summed E-state index contributed by atoms with van der Waals surface area (Å²) in [5.41, 5.74) is 2.44. The van der Waals surface area contributed by atoms with Gasteiger partial charge in [0.25, 0.3) is 0 Å². The Bertz CT molecular complexity index is 550. The molecule has 116 valence electrons. The van der Waals surface area contributed by atoms with E-state index < -0.39 is 0 Å². The van der Waals surface area contributed by atoms with E-state index in [0.29, 0.717) is 6.04 Å². The summed E-state index contributed by atoms with van der Waals surface area (Å²) >= 11 is 0. The highest BCUT2D eigenvalue weighted by Gasteiger charge is 2.14. The number of aromatic nitrogens is 2. The fourth-order valence-electron chi connectivity index (χ4n) is 2.86. The molecule has 0 aliphatic carbocycles. The van der Waals surface area contributed by atoms with Crippen molar-refractivity contribution < 1.29 is 4.74 Å². The standard InChI is InChI=1S/C17H27N3O/c1-4-18-14(9-8-12-21-3)13-16-15-10-6-7-11-17(15)20(5-2)19-16/h6-7,10-11,14,18H,4-5,8-9,12-13H2,1-3H3. The van der Waals surface area contributed by atoms with Gasteiger partial charge in [-0.3, -0.25) is 4.68 Å². The summed E-state index contributed by atoms with van der Waals surface area (Å²) in [7, 11) is 1.76. The second-order valence-corrected chi connectivity index (χ2v) is 5.37. The van der Waals surface area contributed by atoms with Gasteiger partial charge in [-0.15, -0.1) is 0 Å². The van der Waals surface area contributed by atoms with Gasteiger partial charge in [0.15, 0.2) is 0 Å². The van der Waals surface area contributed by atoms with Crippen LogP contribution in [0.25, 0.3) is 10.9 Å². The highest BCUT2D eigenvalue weighted by molar-refractivity contribution is 5.82. The molecule has 2 aromatic rings. The van der Waals surface area contributed by atoms with Gasteiger partial charge in [0, 0.05) is 38.1 Å². The van der Waals surface area contributed by atoms with Crippen molar-refractivity contribution in [2.75, 3.05) is 20.3 Å². The molecule has 1 aromatic carbocycles. The molecular formula is C17H27N3O. The third kappa shape index (κ3) is 4.05. The predicted molar refractivity (Wildman–Crippen MR) is 87.7 cm³/mol. The summed E-state index contributed by atoms with van der Waals surface area (Å²) in [6, 6.07) is 8.99. The van der Waals surface area contributed by atoms with E-state index in [1.54, 1.807) is 7.11 Å². The molecule has 1 N–H and O–H groups in total. The summed E-state index contributed by atoms with van der Waals surface area (Å²) in [4.78, 5) is 0. The first-order chi connectivity index (χ1) is 10.3. The first kappa shape index (κ1) is 16.0. The second-order valence-electron chi connectivity index (χ2n) is 5.37. The minimum absolute atomic E-state index is 0.466. The normalized spacial score (nSPS) is 12.9. The van der Waals surface area contributed by atoms with E-state index in [4.69, 9.17) is 9.84 Å². The maximum Gasteiger partial charge on any atom is 0.0718 e. The van der Waals surface area contributed by atoms with Gasteiger partial charge in [0.1, 0.15) is 0 Å². The lowest BCUT2D eigenvalue weighted by Gasteiger charge is -2.16. The first-order valence-electron chi connectivity index (χ1n) is 7.96. The zero-order chi connectivity index (χ0) is 15.1. The van der Waals surface area contributed by atoms with Crippen molar-refractivity contribution in [3.05, 3.63) is 30.0 Å². The fraction of sp³-hybridized carbons (Fsp3) is 0.588. The maximum absolute atomic E-state index is 5.16. The van der Waals surface area contributed by atoms with E-state index in [9.17, 15) is 0 Å². The smallest absolute Gasteiger partial charge is 0.0718 e. The van der Waals surface area contributed by atoms with Gasteiger partial charge in [0.2, 0.25) is 0 Å². The first-order valence-corrected chi connectivity index (χ1v) is 7.96. The molecule has 21 heavy (non-hydrogen) atoms. The Hall–Kier alpha value is -1.39. The number of methoxy groups -OCH3 is 1. The Balaban J connectivity index is 2.15. The van der Waals surface area contributed by atoms with Crippen molar-refractivity contribution in [2.45, 2.75) is 45.7 Å². The zero-order valence-electron chi connectivity index (χ0n) is 13.4. The van der Waals surface area contributed by atoms with E-state index in [1.165, 1.54) is 16.6 Å². The van der Waals surface area contributed by atoms with E-state index >= 15 is 0 Å². The summed E-state index contributed by atoms with van der Waals surface area (Å²) in [5.74, 6) is 0. The Morgan fingerprint density at radius 1 is 1.29 bits per heavy atom. The molecule has 4 nitrogen and oxygen atoms in total. The predicted octanol–water partition coefficient (Wildman–Crippen LogP) is 3.00. The highest BCUT2D eigenvalue weighted by atomic mass is 16.5. The van der Waals surface area contributed by atoms with Crippen molar-refractivity contribution >= 4 is 10.9 Å². The number of hydrogen-bond acceptors (Lipinski definition) is 3. The van der Waals surface area contributed by atoms with Crippen LogP contribution < -0.4 is 5.32 Å². The van der Waals surface area contributed by atoms with Gasteiger partial charge in [-0.1, -0.05) is 25.1 Å². The Labute approximate surface area is 127 Å². The Morgan fingerprint density at radius 3 is 2.81 bits per heavy atom. The topological polar surface area (TPSA) is 39.1 Å². The van der Waals surface area contributed by atoms with Gasteiger partial charge in [-0.05, 0) is 32.4 Å². The summed E-state index contributed by atoms with van der Waals surface area (Å²) < 4.78 is 7.26. The van der Waals surface area contributed by atoms with Crippen LogP contribution in [0.1, 0.15) is 32.4 Å². The number of para-hydroxylation sites is 1. The molecule has 0 amide bonds. The summed E-state index contributed by atoms with van der Waals surface area (Å²) in [6.45, 7) is 7.03. The van der Waals surface area contributed by atoms with Crippen molar-refractivity contribution in [3.8, 4) is 0 Å². The lowest BCUT2D eigenvalue weighted by molar-refractivity contribution is 0.188. The molecule has 0 radical (unpaired) electrons. The molecule has 0 fully saturated rings. The molecule has 0 saturated heterocycles. The van der Waals surface area contributed by atoms with Crippen LogP contribution in [0, 0.1) is 0 Å². The second kappa shape index (κ2) is 8.15. The monoisotopic (exact) mass is 289 g/mol. The molecule has 1 aromatic heterocycles. The third-order valence-corrected chi connectivity index (χ3v) is 3.87. The summed E-state index contributed by atoms with van der Waals surface area (Å²) in [5, 5.41) is 9.67. The van der Waals surface area contributed by atoms with E-state index in [-0.39, 0.29) is 0 Å². The minimum Gasteiger partial charge on any atom is -0.385 e. The lowest BCUT2D eigenvalue weighted by Crippen LogP contribution is -2.31. The molecule has 1 unspecified atom stereocenters. The average Bonchev–Trinajstić information content (AvgIpc) is 2.86. The van der Waals surface area contributed by atoms with Crippen molar-refractivity contribution in [1.29, 1.82) is 0 Å². The van der Waals surface area contributed by atoms with Crippen LogP contribution in [0.4, 0.5) is 0 Å². The molecule has 0 spiro atoms. The zero-order valence-corrected chi connectivity index (χ0v) is 13.4. The minimum atomic E-state index is 0.466. The van der Waals surface area contributed by atoms with Crippen LogP contribution >= 0.6 is 0 Å². The number of nitrogens with zero attached hydrogens (tertiary/aromatic N) is 2. The molecule has 0 aliphatic rings. The van der Waals surface area contributed by atoms with Crippen LogP contribution in [0.15, 0.2) is 24.3 Å².